The van der Waals surface area contributed by atoms with Crippen molar-refractivity contribution >= 4 is 33.0 Å². The Labute approximate surface area is 223 Å². The van der Waals surface area contributed by atoms with Crippen LogP contribution in [0.5, 0.6) is 0 Å². The van der Waals surface area contributed by atoms with Gasteiger partial charge in [0, 0.05) is 12.1 Å². The summed E-state index contributed by atoms with van der Waals surface area (Å²) in [5.41, 5.74) is 0.651. The van der Waals surface area contributed by atoms with Crippen LogP contribution < -0.4 is 10.6 Å². The number of aromatic nitrogens is 5. The summed E-state index contributed by atoms with van der Waals surface area (Å²) in [5, 5.41) is 19.7. The Balaban J connectivity index is 1.30. The molecule has 206 valence electrons. The summed E-state index contributed by atoms with van der Waals surface area (Å²) < 4.78 is 62.1. The first-order valence-electron chi connectivity index (χ1n) is 12.4. The van der Waals surface area contributed by atoms with Crippen molar-refractivity contribution in [3.05, 3.63) is 41.5 Å². The summed E-state index contributed by atoms with van der Waals surface area (Å²) in [6.45, 7) is -0.151. The van der Waals surface area contributed by atoms with Gasteiger partial charge in [-0.1, -0.05) is 17.3 Å². The largest absolute Gasteiger partial charge is 0.393 e. The van der Waals surface area contributed by atoms with Gasteiger partial charge in [-0.25, -0.2) is 4.39 Å². The van der Waals surface area contributed by atoms with E-state index >= 15 is 4.39 Å². The molecule has 3 N–H and O–H groups in total. The van der Waals surface area contributed by atoms with E-state index in [4.69, 9.17) is 4.52 Å². The Morgan fingerprint density at radius 3 is 2.92 bits per heavy atom. The van der Waals surface area contributed by atoms with Crippen molar-refractivity contribution in [1.29, 1.82) is 0 Å². The number of thiophene rings is 1. The summed E-state index contributed by atoms with van der Waals surface area (Å²) in [7, 11) is 1.94. The van der Waals surface area contributed by atoms with Crippen LogP contribution >= 0.6 is 11.3 Å². The molecule has 2 fully saturated rings. The van der Waals surface area contributed by atoms with Gasteiger partial charge in [0.2, 0.25) is 11.7 Å². The lowest BCUT2D eigenvalue weighted by molar-refractivity contribution is -0.126. The number of hydrogen-bond donors (Lipinski definition) is 3. The fourth-order valence-corrected chi connectivity index (χ4v) is 6.78. The smallest absolute Gasteiger partial charge is 0.378 e. The Kier molecular flexibility index (Phi) is 6.49. The number of H-pyrrole nitrogens is 1. The Morgan fingerprint density at radius 1 is 1.31 bits per heavy atom. The van der Waals surface area contributed by atoms with Crippen LogP contribution in [0.15, 0.2) is 28.9 Å². The zero-order valence-electron chi connectivity index (χ0n) is 20.6. The third kappa shape index (κ3) is 4.95. The molecule has 4 atom stereocenters. The van der Waals surface area contributed by atoms with Gasteiger partial charge in [-0.2, -0.15) is 33.6 Å². The summed E-state index contributed by atoms with van der Waals surface area (Å²) in [6, 6.07) is 4.72. The van der Waals surface area contributed by atoms with Crippen LogP contribution in [-0.2, 0) is 13.0 Å². The predicted octanol–water partition coefficient (Wildman–Crippen LogP) is 4.09. The van der Waals surface area contributed by atoms with Crippen LogP contribution in [0.3, 0.4) is 0 Å². The third-order valence-electron chi connectivity index (χ3n) is 7.43. The molecule has 1 aromatic carbocycles. The first-order valence-corrected chi connectivity index (χ1v) is 13.2. The molecule has 0 unspecified atom stereocenters. The first-order chi connectivity index (χ1) is 18.7. The Bertz CT molecular complexity index is 1490. The van der Waals surface area contributed by atoms with Crippen LogP contribution in [0.2, 0.25) is 0 Å². The molecule has 10 nitrogen and oxygen atoms in total. The number of anilines is 1. The second-order valence-corrected chi connectivity index (χ2v) is 10.8. The summed E-state index contributed by atoms with van der Waals surface area (Å²) in [6.07, 6.45) is -3.19. The van der Waals surface area contributed by atoms with Gasteiger partial charge in [0.15, 0.2) is 5.69 Å². The standard InChI is InChI=1S/C24H24F4N8O2S/c1-36-11-5-6-17(36)19(25)15(7-11)31-14-4-2-3-12-13(8-24(26,27)28)21(39-20(12)14)22-32-18(38-34-22)10-29-23(37)16-9-30-35-33-16/h2-4,9,11,15,17,19,31H,5-8,10H2,1H3,(H,29,37)(H,30,33,35)/t11-,15-,17+,19-/m1/s1. The van der Waals surface area contributed by atoms with E-state index in [2.05, 4.69) is 41.1 Å². The van der Waals surface area contributed by atoms with Crippen LogP contribution in [0.1, 0.15) is 41.2 Å². The number of amides is 1. The SMILES string of the molecule is CN1[C@@H]2CC[C@H]1[C@H](F)[C@H](Nc1cccc3c(CC(F)(F)F)c(-c4noc(CNC(=O)c5cn[nH]n5)n4)sc13)C2. The van der Waals surface area contributed by atoms with Gasteiger partial charge >= 0.3 is 6.18 Å². The van der Waals surface area contributed by atoms with E-state index < -0.39 is 30.7 Å². The number of rotatable bonds is 7. The van der Waals surface area contributed by atoms with Crippen molar-refractivity contribution in [3.63, 3.8) is 0 Å². The van der Waals surface area contributed by atoms with Crippen LogP contribution in [-0.4, -0.2) is 73.9 Å². The molecule has 39 heavy (non-hydrogen) atoms. The fraction of sp³-hybridized carbons (Fsp3) is 0.458. The number of carbonyl (C=O) groups excluding carboxylic acids is 1. The van der Waals surface area contributed by atoms with Crippen LogP contribution in [0.25, 0.3) is 20.8 Å². The maximum Gasteiger partial charge on any atom is 0.393 e. The van der Waals surface area contributed by atoms with Crippen molar-refractivity contribution in [2.75, 3.05) is 12.4 Å². The Hall–Kier alpha value is -3.59. The number of fused-ring (bicyclic) bond motifs is 3. The van der Waals surface area contributed by atoms with E-state index in [0.717, 1.165) is 24.2 Å². The fourth-order valence-electron chi connectivity index (χ4n) is 5.56. The van der Waals surface area contributed by atoms with Crippen molar-refractivity contribution in [3.8, 4) is 10.7 Å². The molecule has 0 spiro atoms. The molecular formula is C24H24F4N8O2S. The molecule has 1 amide bonds. The number of carbonyl (C=O) groups is 1. The number of piperidine rings is 1. The number of hydrogen-bond acceptors (Lipinski definition) is 9. The maximum absolute atomic E-state index is 15.3. The van der Waals surface area contributed by atoms with Gasteiger partial charge in [-0.3, -0.25) is 9.69 Å². The van der Waals surface area contributed by atoms with Crippen LogP contribution in [0, 0.1) is 0 Å². The van der Waals surface area contributed by atoms with E-state index in [1.165, 1.54) is 6.20 Å². The number of alkyl halides is 4. The van der Waals surface area contributed by atoms with Crippen molar-refractivity contribution < 1.29 is 26.9 Å². The van der Waals surface area contributed by atoms with Crippen LogP contribution in [0.4, 0.5) is 23.2 Å². The highest BCUT2D eigenvalue weighted by Crippen LogP contribution is 2.44. The summed E-state index contributed by atoms with van der Waals surface area (Å²) in [5.74, 6) is -0.544. The van der Waals surface area contributed by atoms with E-state index in [0.29, 0.717) is 22.2 Å². The molecule has 4 aromatic rings. The van der Waals surface area contributed by atoms with E-state index in [-0.39, 0.29) is 46.5 Å². The molecule has 0 radical (unpaired) electrons. The number of nitrogens with one attached hydrogen (secondary N) is 3. The van der Waals surface area contributed by atoms with Gasteiger partial charge in [0.1, 0.15) is 6.17 Å². The molecule has 2 aliphatic rings. The average molecular weight is 565 g/mol. The molecule has 2 bridgehead atoms. The molecule has 2 aliphatic heterocycles. The van der Waals surface area contributed by atoms with Gasteiger partial charge in [-0.15, -0.1) is 11.3 Å². The van der Waals surface area contributed by atoms with Gasteiger partial charge in [0.25, 0.3) is 5.91 Å². The first kappa shape index (κ1) is 25.7. The second-order valence-electron chi connectivity index (χ2n) is 9.83. The topological polar surface area (TPSA) is 125 Å². The molecule has 0 saturated carbocycles. The minimum Gasteiger partial charge on any atom is -0.378 e. The molecular weight excluding hydrogens is 540 g/mol. The van der Waals surface area contributed by atoms with Gasteiger partial charge in [0.05, 0.1) is 40.5 Å². The molecule has 2 saturated heterocycles. The molecule has 6 rings (SSSR count). The lowest BCUT2D eigenvalue weighted by Gasteiger charge is -2.39. The zero-order valence-corrected chi connectivity index (χ0v) is 21.4. The minimum absolute atomic E-state index is 0.0117. The van der Waals surface area contributed by atoms with E-state index in [1.807, 2.05) is 7.05 Å². The zero-order chi connectivity index (χ0) is 27.3. The monoisotopic (exact) mass is 564 g/mol. The highest BCUT2D eigenvalue weighted by Gasteiger charge is 2.46. The number of benzene rings is 1. The van der Waals surface area contributed by atoms with Crippen molar-refractivity contribution in [1.82, 2.24) is 35.8 Å². The summed E-state index contributed by atoms with van der Waals surface area (Å²) >= 11 is 1.10. The quantitative estimate of drug-likeness (QED) is 0.287. The third-order valence-corrected chi connectivity index (χ3v) is 8.71. The highest BCUT2D eigenvalue weighted by molar-refractivity contribution is 7.23. The normalized spacial score (nSPS) is 23.4. The van der Waals surface area contributed by atoms with E-state index in [9.17, 15) is 18.0 Å². The van der Waals surface area contributed by atoms with Gasteiger partial charge < -0.3 is 15.2 Å². The number of aromatic amines is 1. The maximum atomic E-state index is 15.3. The Morgan fingerprint density at radius 2 is 2.15 bits per heavy atom. The molecule has 15 heteroatoms. The average Bonchev–Trinajstić information content (AvgIpc) is 3.68. The van der Waals surface area contributed by atoms with E-state index in [1.54, 1.807) is 18.2 Å². The number of halogens is 4. The number of nitrogens with zero attached hydrogens (tertiary/aromatic N) is 5. The highest BCUT2D eigenvalue weighted by atomic mass is 32.1. The summed E-state index contributed by atoms with van der Waals surface area (Å²) in [4.78, 5) is 18.6. The molecule has 0 aliphatic carbocycles. The predicted molar refractivity (Wildman–Crippen MR) is 134 cm³/mol. The lowest BCUT2D eigenvalue weighted by Crippen LogP contribution is -2.53. The lowest BCUT2D eigenvalue weighted by atomic mass is 9.95. The second kappa shape index (κ2) is 9.86. The van der Waals surface area contributed by atoms with Crippen molar-refractivity contribution in [2.45, 2.75) is 62.7 Å². The minimum atomic E-state index is -4.48. The molecule has 3 aromatic heterocycles. The molecule has 5 heterocycles. The van der Waals surface area contributed by atoms with Crippen molar-refractivity contribution in [2.24, 2.45) is 0 Å². The van der Waals surface area contributed by atoms with Gasteiger partial charge in [-0.05, 0) is 43.3 Å².